The van der Waals surface area contributed by atoms with Crippen LogP contribution in [0.15, 0.2) is 140 Å². The average molecular weight is 540 g/mol. The van der Waals surface area contributed by atoms with Crippen LogP contribution in [0, 0.1) is 0 Å². The molecule has 0 saturated carbocycles. The largest absolute Gasteiger partial charge is 0.312 e. The van der Waals surface area contributed by atoms with Gasteiger partial charge in [0.25, 0.3) is 0 Å². The lowest BCUT2D eigenvalue weighted by molar-refractivity contribution is 0.624. The van der Waals surface area contributed by atoms with E-state index >= 15 is 0 Å². The lowest BCUT2D eigenvalue weighted by atomic mass is 9.85. The molecule has 42 heavy (non-hydrogen) atoms. The Hall–Kier alpha value is -5.28. The van der Waals surface area contributed by atoms with Crippen molar-refractivity contribution in [3.05, 3.63) is 151 Å². The molecule has 0 radical (unpaired) electrons. The van der Waals surface area contributed by atoms with Crippen LogP contribution < -0.4 is 0 Å². The first-order chi connectivity index (χ1) is 20.6. The van der Waals surface area contributed by atoms with Crippen LogP contribution in [0.25, 0.3) is 61.6 Å². The van der Waals surface area contributed by atoms with E-state index in [1.807, 2.05) is 24.3 Å². The minimum atomic E-state index is -0.142. The fraction of sp³-hybridized carbons (Fsp3) is 0.0769. The molecule has 2 heterocycles. The van der Waals surface area contributed by atoms with Gasteiger partial charge in [0.15, 0.2) is 5.82 Å². The Labute approximate surface area is 245 Å². The van der Waals surface area contributed by atoms with Gasteiger partial charge < -0.3 is 4.57 Å². The fourth-order valence-electron chi connectivity index (χ4n) is 6.62. The number of aromatic nitrogens is 3. The third kappa shape index (κ3) is 3.74. The van der Waals surface area contributed by atoms with Crippen LogP contribution in [0.3, 0.4) is 0 Å². The van der Waals surface area contributed by atoms with Gasteiger partial charge in [-0.1, -0.05) is 129 Å². The van der Waals surface area contributed by atoms with E-state index in [1.165, 1.54) is 33.3 Å². The maximum Gasteiger partial charge on any atom is 0.160 e. The van der Waals surface area contributed by atoms with Crippen molar-refractivity contribution in [2.75, 3.05) is 0 Å². The number of rotatable bonds is 4. The zero-order valence-corrected chi connectivity index (χ0v) is 23.6. The summed E-state index contributed by atoms with van der Waals surface area (Å²) in [6.07, 6.45) is 0. The summed E-state index contributed by atoms with van der Waals surface area (Å²) in [7, 11) is 0. The molecule has 0 atom stereocenters. The summed E-state index contributed by atoms with van der Waals surface area (Å²) in [6, 6.07) is 49.1. The Bertz CT molecular complexity index is 2050. The highest BCUT2D eigenvalue weighted by molar-refractivity contribution is 6.03. The normalized spacial score (nSPS) is 13.2. The molecule has 5 aromatic carbocycles. The van der Waals surface area contributed by atoms with Gasteiger partial charge in [0.2, 0.25) is 0 Å². The van der Waals surface area contributed by atoms with Crippen LogP contribution >= 0.6 is 0 Å². The average Bonchev–Trinajstić information content (AvgIpc) is 3.52. The van der Waals surface area contributed by atoms with Crippen molar-refractivity contribution in [3.8, 4) is 50.7 Å². The first kappa shape index (κ1) is 24.5. The Morgan fingerprint density at radius 1 is 0.548 bits per heavy atom. The standard InChI is InChI=1S/C39H29N3/c1-39(2)32-22-11-9-20-30(32)36-31-21-10-12-23-35(31)42(37(36)39)29-19-13-18-28(24-29)34-25-33(26-14-5-3-6-15-26)40-38(41-34)27-16-7-4-8-17-27/h3-25H,1-2H3. The Balaban J connectivity index is 1.35. The maximum atomic E-state index is 5.10. The molecule has 1 aliphatic carbocycles. The van der Waals surface area contributed by atoms with Gasteiger partial charge in [0.1, 0.15) is 0 Å². The second-order valence-corrected chi connectivity index (χ2v) is 11.5. The van der Waals surface area contributed by atoms with Gasteiger partial charge >= 0.3 is 0 Å². The molecule has 0 spiro atoms. The number of fused-ring (bicyclic) bond motifs is 5. The van der Waals surface area contributed by atoms with Crippen LogP contribution in [0.4, 0.5) is 0 Å². The van der Waals surface area contributed by atoms with Crippen molar-refractivity contribution in [2.24, 2.45) is 0 Å². The smallest absolute Gasteiger partial charge is 0.160 e. The summed E-state index contributed by atoms with van der Waals surface area (Å²) in [5, 5.41) is 1.29. The van der Waals surface area contributed by atoms with Gasteiger partial charge in [-0.25, -0.2) is 9.97 Å². The van der Waals surface area contributed by atoms with Gasteiger partial charge in [-0.05, 0) is 35.4 Å². The molecule has 0 unspecified atom stereocenters. The van der Waals surface area contributed by atoms with Gasteiger partial charge in [0, 0.05) is 44.4 Å². The van der Waals surface area contributed by atoms with Crippen molar-refractivity contribution < 1.29 is 0 Å². The topological polar surface area (TPSA) is 30.7 Å². The van der Waals surface area contributed by atoms with E-state index in [2.05, 4.69) is 134 Å². The minimum Gasteiger partial charge on any atom is -0.312 e. The molecule has 1 aliphatic rings. The first-order valence-corrected chi connectivity index (χ1v) is 14.4. The quantitative estimate of drug-likeness (QED) is 0.223. The molecule has 0 N–H and O–H groups in total. The molecule has 7 aromatic rings. The molecule has 3 nitrogen and oxygen atoms in total. The van der Waals surface area contributed by atoms with Crippen LogP contribution in [-0.2, 0) is 5.41 Å². The highest BCUT2D eigenvalue weighted by atomic mass is 15.0. The predicted octanol–water partition coefficient (Wildman–Crippen LogP) is 9.73. The zero-order chi connectivity index (χ0) is 28.3. The monoisotopic (exact) mass is 539 g/mol. The summed E-state index contributed by atoms with van der Waals surface area (Å²) in [6.45, 7) is 4.69. The first-order valence-electron chi connectivity index (χ1n) is 14.4. The van der Waals surface area contributed by atoms with Gasteiger partial charge in [-0.2, -0.15) is 0 Å². The Morgan fingerprint density at radius 2 is 1.17 bits per heavy atom. The molecule has 0 saturated heterocycles. The SMILES string of the molecule is CC1(C)c2ccccc2-c2c1n(-c1cccc(-c3cc(-c4ccccc4)nc(-c4ccccc4)n3)c1)c1ccccc21. The predicted molar refractivity (Wildman–Crippen MR) is 173 cm³/mol. The van der Waals surface area contributed by atoms with Crippen LogP contribution in [0.5, 0.6) is 0 Å². The van der Waals surface area contributed by atoms with Crippen molar-refractivity contribution in [1.29, 1.82) is 0 Å². The number of benzene rings is 5. The molecular formula is C39H29N3. The highest BCUT2D eigenvalue weighted by Gasteiger charge is 2.40. The van der Waals surface area contributed by atoms with Crippen molar-refractivity contribution in [2.45, 2.75) is 19.3 Å². The molecule has 8 rings (SSSR count). The van der Waals surface area contributed by atoms with E-state index in [9.17, 15) is 0 Å². The Morgan fingerprint density at radius 3 is 1.95 bits per heavy atom. The van der Waals surface area contributed by atoms with Crippen LogP contribution in [0.2, 0.25) is 0 Å². The third-order valence-electron chi connectivity index (χ3n) is 8.56. The van der Waals surface area contributed by atoms with Crippen molar-refractivity contribution >= 4 is 10.9 Å². The van der Waals surface area contributed by atoms with E-state index in [1.54, 1.807) is 0 Å². The molecule has 0 amide bonds. The summed E-state index contributed by atoms with van der Waals surface area (Å²) >= 11 is 0. The summed E-state index contributed by atoms with van der Waals surface area (Å²) in [5.41, 5.74) is 12.5. The third-order valence-corrected chi connectivity index (χ3v) is 8.56. The van der Waals surface area contributed by atoms with E-state index in [4.69, 9.17) is 9.97 Å². The van der Waals surface area contributed by atoms with E-state index in [0.29, 0.717) is 0 Å². The summed E-state index contributed by atoms with van der Waals surface area (Å²) in [5.74, 6) is 0.723. The number of nitrogens with zero attached hydrogens (tertiary/aromatic N) is 3. The van der Waals surface area contributed by atoms with Crippen LogP contribution in [-0.4, -0.2) is 14.5 Å². The van der Waals surface area contributed by atoms with Crippen molar-refractivity contribution in [1.82, 2.24) is 14.5 Å². The lowest BCUT2D eigenvalue weighted by Crippen LogP contribution is -2.19. The van der Waals surface area contributed by atoms with E-state index in [0.717, 1.165) is 39.6 Å². The number of para-hydroxylation sites is 1. The molecule has 0 aliphatic heterocycles. The second kappa shape index (κ2) is 9.39. The second-order valence-electron chi connectivity index (χ2n) is 11.5. The summed E-state index contributed by atoms with van der Waals surface area (Å²) < 4.78 is 2.46. The fourth-order valence-corrected chi connectivity index (χ4v) is 6.62. The molecule has 0 fully saturated rings. The lowest BCUT2D eigenvalue weighted by Gasteiger charge is -2.24. The number of hydrogen-bond acceptors (Lipinski definition) is 2. The van der Waals surface area contributed by atoms with Crippen molar-refractivity contribution in [3.63, 3.8) is 0 Å². The van der Waals surface area contributed by atoms with Crippen LogP contribution in [0.1, 0.15) is 25.1 Å². The molecule has 2 aromatic heterocycles. The molecule has 200 valence electrons. The number of hydrogen-bond donors (Lipinski definition) is 0. The van der Waals surface area contributed by atoms with Gasteiger partial charge in [0.05, 0.1) is 16.9 Å². The minimum absolute atomic E-state index is 0.142. The molecular weight excluding hydrogens is 510 g/mol. The van der Waals surface area contributed by atoms with Gasteiger partial charge in [-0.15, -0.1) is 0 Å². The van der Waals surface area contributed by atoms with E-state index < -0.39 is 0 Å². The summed E-state index contributed by atoms with van der Waals surface area (Å²) in [4.78, 5) is 10.1. The Kier molecular flexibility index (Phi) is 5.48. The van der Waals surface area contributed by atoms with Gasteiger partial charge in [-0.3, -0.25) is 0 Å². The molecule has 3 heteroatoms. The highest BCUT2D eigenvalue weighted by Crippen LogP contribution is 2.53. The molecule has 0 bridgehead atoms. The van der Waals surface area contributed by atoms with E-state index in [-0.39, 0.29) is 5.41 Å². The zero-order valence-electron chi connectivity index (χ0n) is 23.6. The maximum absolute atomic E-state index is 5.10.